The van der Waals surface area contributed by atoms with Crippen molar-refractivity contribution in [3.8, 4) is 0 Å². The Morgan fingerprint density at radius 2 is 1.75 bits per heavy atom. The number of ether oxygens (including phenoxy) is 1. The van der Waals surface area contributed by atoms with Crippen LogP contribution in [0.25, 0.3) is 0 Å². The Morgan fingerprint density at radius 1 is 1.00 bits per heavy atom. The van der Waals surface area contributed by atoms with E-state index in [1.165, 1.54) is 12.0 Å². The quantitative estimate of drug-likeness (QED) is 0.610. The van der Waals surface area contributed by atoms with Crippen molar-refractivity contribution in [3.05, 3.63) is 11.9 Å². The van der Waals surface area contributed by atoms with Crippen LogP contribution in [-0.4, -0.2) is 36.3 Å². The van der Waals surface area contributed by atoms with E-state index >= 15 is 0 Å². The zero-order chi connectivity index (χ0) is 14.6. The van der Waals surface area contributed by atoms with Crippen LogP contribution < -0.4 is 10.6 Å². The molecule has 0 aromatic carbocycles. The Balaban J connectivity index is 2.52. The molecule has 20 heavy (non-hydrogen) atoms. The van der Waals surface area contributed by atoms with Crippen LogP contribution in [-0.2, 0) is 11.2 Å². The molecule has 1 aromatic heterocycles. The molecular formula is C15H28N4O. The van der Waals surface area contributed by atoms with Gasteiger partial charge in [0.2, 0.25) is 0 Å². The highest BCUT2D eigenvalue weighted by molar-refractivity contribution is 5.57. The van der Waals surface area contributed by atoms with Gasteiger partial charge in [0, 0.05) is 25.3 Å². The number of rotatable bonds is 11. The fraction of sp³-hybridized carbons (Fsp3) is 0.733. The summed E-state index contributed by atoms with van der Waals surface area (Å²) in [6.45, 7) is 9.61. The van der Waals surface area contributed by atoms with Crippen LogP contribution >= 0.6 is 0 Å². The van der Waals surface area contributed by atoms with Crippen LogP contribution in [0.5, 0.6) is 0 Å². The van der Waals surface area contributed by atoms with Crippen LogP contribution in [0.1, 0.15) is 45.6 Å². The summed E-state index contributed by atoms with van der Waals surface area (Å²) in [5.74, 6) is 1.87. The van der Waals surface area contributed by atoms with E-state index < -0.39 is 0 Å². The second kappa shape index (κ2) is 10.4. The maximum atomic E-state index is 5.55. The van der Waals surface area contributed by atoms with Crippen molar-refractivity contribution in [1.82, 2.24) is 9.97 Å². The molecule has 114 valence electrons. The lowest BCUT2D eigenvalue weighted by Crippen LogP contribution is -2.14. The average molecular weight is 280 g/mol. The molecule has 1 aromatic rings. The van der Waals surface area contributed by atoms with Crippen LogP contribution in [0.15, 0.2) is 6.33 Å². The fourth-order valence-electron chi connectivity index (χ4n) is 1.96. The van der Waals surface area contributed by atoms with Crippen molar-refractivity contribution in [2.45, 2.75) is 46.5 Å². The summed E-state index contributed by atoms with van der Waals surface area (Å²) in [7, 11) is 0. The second-order valence-electron chi connectivity index (χ2n) is 4.72. The van der Waals surface area contributed by atoms with Gasteiger partial charge < -0.3 is 15.4 Å². The Kier molecular flexibility index (Phi) is 8.71. The smallest absolute Gasteiger partial charge is 0.134 e. The minimum Gasteiger partial charge on any atom is -0.380 e. The second-order valence-corrected chi connectivity index (χ2v) is 4.72. The lowest BCUT2D eigenvalue weighted by molar-refractivity contribution is 0.141. The van der Waals surface area contributed by atoms with Gasteiger partial charge in [-0.3, -0.25) is 0 Å². The normalized spacial score (nSPS) is 10.6. The maximum absolute atomic E-state index is 5.55. The van der Waals surface area contributed by atoms with E-state index in [2.05, 4.69) is 41.4 Å². The standard InChI is InChI=1S/C15H28N4O/c1-4-7-10-20-11-9-17-15-13(8-5-2)14(16-6-3)18-12-19-15/h12H,4-11H2,1-3H3,(H2,16,17,18,19). The van der Waals surface area contributed by atoms with E-state index in [9.17, 15) is 0 Å². The van der Waals surface area contributed by atoms with E-state index in [0.29, 0.717) is 6.61 Å². The molecule has 5 nitrogen and oxygen atoms in total. The number of aromatic nitrogens is 2. The van der Waals surface area contributed by atoms with Gasteiger partial charge >= 0.3 is 0 Å². The van der Waals surface area contributed by atoms with Crippen molar-refractivity contribution < 1.29 is 4.74 Å². The predicted octanol–water partition coefficient (Wildman–Crippen LogP) is 3.09. The SMILES string of the molecule is CCCCOCCNc1ncnc(NCC)c1CCC. The van der Waals surface area contributed by atoms with Crippen LogP contribution in [0.3, 0.4) is 0 Å². The number of hydrogen-bond donors (Lipinski definition) is 2. The lowest BCUT2D eigenvalue weighted by Gasteiger charge is -2.14. The first-order valence-corrected chi connectivity index (χ1v) is 7.72. The summed E-state index contributed by atoms with van der Waals surface area (Å²) in [5, 5.41) is 6.65. The highest BCUT2D eigenvalue weighted by Crippen LogP contribution is 2.21. The van der Waals surface area contributed by atoms with Crippen LogP contribution in [0.4, 0.5) is 11.6 Å². The first-order chi connectivity index (χ1) is 9.83. The molecule has 0 aliphatic rings. The molecule has 0 aliphatic carbocycles. The van der Waals surface area contributed by atoms with E-state index in [4.69, 9.17) is 4.74 Å². The van der Waals surface area contributed by atoms with Crippen molar-refractivity contribution in [2.24, 2.45) is 0 Å². The monoisotopic (exact) mass is 280 g/mol. The minimum absolute atomic E-state index is 0.714. The van der Waals surface area contributed by atoms with Gasteiger partial charge in [-0.1, -0.05) is 26.7 Å². The molecule has 5 heteroatoms. The third kappa shape index (κ3) is 5.74. The van der Waals surface area contributed by atoms with Crippen molar-refractivity contribution in [3.63, 3.8) is 0 Å². The zero-order valence-electron chi connectivity index (χ0n) is 13.0. The van der Waals surface area contributed by atoms with Crippen LogP contribution in [0.2, 0.25) is 0 Å². The number of nitrogens with one attached hydrogen (secondary N) is 2. The molecule has 0 aliphatic heterocycles. The van der Waals surface area contributed by atoms with Gasteiger partial charge in [0.15, 0.2) is 0 Å². The Labute approximate surface area is 122 Å². The van der Waals surface area contributed by atoms with Gasteiger partial charge in [-0.05, 0) is 19.8 Å². The van der Waals surface area contributed by atoms with Gasteiger partial charge in [0.1, 0.15) is 18.0 Å². The largest absolute Gasteiger partial charge is 0.380 e. The van der Waals surface area contributed by atoms with Gasteiger partial charge in [-0.15, -0.1) is 0 Å². The van der Waals surface area contributed by atoms with E-state index in [1.54, 1.807) is 6.33 Å². The Hall–Kier alpha value is -1.36. The number of hydrogen-bond acceptors (Lipinski definition) is 5. The first kappa shape index (κ1) is 16.7. The molecular weight excluding hydrogens is 252 g/mol. The van der Waals surface area contributed by atoms with Crippen molar-refractivity contribution >= 4 is 11.6 Å². The molecule has 0 saturated carbocycles. The summed E-state index contributed by atoms with van der Waals surface area (Å²) in [6, 6.07) is 0. The van der Waals surface area contributed by atoms with Gasteiger partial charge in [0.25, 0.3) is 0 Å². The Morgan fingerprint density at radius 3 is 2.40 bits per heavy atom. The molecule has 1 rings (SSSR count). The molecule has 0 fully saturated rings. The zero-order valence-corrected chi connectivity index (χ0v) is 13.0. The lowest BCUT2D eigenvalue weighted by atomic mass is 10.1. The summed E-state index contributed by atoms with van der Waals surface area (Å²) in [5.41, 5.74) is 1.17. The summed E-state index contributed by atoms with van der Waals surface area (Å²) < 4.78 is 5.55. The molecule has 2 N–H and O–H groups in total. The predicted molar refractivity (Wildman–Crippen MR) is 84.4 cm³/mol. The van der Waals surface area contributed by atoms with Gasteiger partial charge in [-0.25, -0.2) is 9.97 Å². The van der Waals surface area contributed by atoms with E-state index in [0.717, 1.165) is 50.6 Å². The van der Waals surface area contributed by atoms with Gasteiger partial charge in [0.05, 0.1) is 6.61 Å². The highest BCUT2D eigenvalue weighted by atomic mass is 16.5. The maximum Gasteiger partial charge on any atom is 0.134 e. The molecule has 0 atom stereocenters. The number of unbranched alkanes of at least 4 members (excludes halogenated alkanes) is 1. The molecule has 0 amide bonds. The average Bonchev–Trinajstić information content (AvgIpc) is 2.46. The van der Waals surface area contributed by atoms with Crippen molar-refractivity contribution in [2.75, 3.05) is 36.9 Å². The van der Waals surface area contributed by atoms with Crippen molar-refractivity contribution in [1.29, 1.82) is 0 Å². The molecule has 0 spiro atoms. The first-order valence-electron chi connectivity index (χ1n) is 7.72. The van der Waals surface area contributed by atoms with E-state index in [1.807, 2.05) is 0 Å². The summed E-state index contributed by atoms with van der Waals surface area (Å²) >= 11 is 0. The van der Waals surface area contributed by atoms with Crippen LogP contribution in [0, 0.1) is 0 Å². The van der Waals surface area contributed by atoms with Gasteiger partial charge in [-0.2, -0.15) is 0 Å². The third-order valence-electron chi connectivity index (χ3n) is 2.97. The molecule has 0 saturated heterocycles. The minimum atomic E-state index is 0.714. The highest BCUT2D eigenvalue weighted by Gasteiger charge is 2.09. The summed E-state index contributed by atoms with van der Waals surface area (Å²) in [4.78, 5) is 8.68. The molecule has 0 unspecified atom stereocenters. The molecule has 1 heterocycles. The summed E-state index contributed by atoms with van der Waals surface area (Å²) in [6.07, 6.45) is 5.96. The third-order valence-corrected chi connectivity index (χ3v) is 2.97. The molecule has 0 bridgehead atoms. The topological polar surface area (TPSA) is 59.1 Å². The number of anilines is 2. The Bertz CT molecular complexity index is 371. The van der Waals surface area contributed by atoms with E-state index in [-0.39, 0.29) is 0 Å². The molecule has 0 radical (unpaired) electrons. The fourth-order valence-corrected chi connectivity index (χ4v) is 1.96. The number of nitrogens with zero attached hydrogens (tertiary/aromatic N) is 2.